The fourth-order valence-electron chi connectivity index (χ4n) is 2.88. The van der Waals surface area contributed by atoms with E-state index in [-0.39, 0.29) is 30.3 Å². The molecular weight excluding hydrogens is 328 g/mol. The van der Waals surface area contributed by atoms with Gasteiger partial charge in [0.15, 0.2) is 0 Å². The minimum Gasteiger partial charge on any atom is -0.497 e. The fourth-order valence-corrected chi connectivity index (χ4v) is 2.88. The van der Waals surface area contributed by atoms with Crippen molar-refractivity contribution >= 4 is 18.3 Å². The number of benzene rings is 1. The predicted octanol–water partition coefficient (Wildman–Crippen LogP) is 2.31. The molecule has 0 aromatic heterocycles. The van der Waals surface area contributed by atoms with Gasteiger partial charge < -0.3 is 20.5 Å². The van der Waals surface area contributed by atoms with Crippen LogP contribution in [0.2, 0.25) is 0 Å². The number of rotatable bonds is 7. The first-order chi connectivity index (χ1) is 11.1. The summed E-state index contributed by atoms with van der Waals surface area (Å²) in [5.74, 6) is 1.05. The quantitative estimate of drug-likeness (QED) is 0.786. The van der Waals surface area contributed by atoms with Crippen LogP contribution in [0.15, 0.2) is 24.3 Å². The Bertz CT molecular complexity index is 490. The van der Waals surface area contributed by atoms with Crippen LogP contribution in [0.3, 0.4) is 0 Å². The van der Waals surface area contributed by atoms with E-state index in [1.807, 2.05) is 19.1 Å². The first kappa shape index (κ1) is 20.7. The smallest absolute Gasteiger partial charge is 0.237 e. The van der Waals surface area contributed by atoms with E-state index in [0.717, 1.165) is 31.4 Å². The molecule has 5 nitrogen and oxygen atoms in total. The summed E-state index contributed by atoms with van der Waals surface area (Å²) in [6, 6.07) is 7.71. The molecule has 1 aliphatic heterocycles. The zero-order chi connectivity index (χ0) is 16.7. The topological polar surface area (TPSA) is 73.6 Å². The van der Waals surface area contributed by atoms with Gasteiger partial charge in [-0.1, -0.05) is 12.1 Å². The van der Waals surface area contributed by atoms with Crippen molar-refractivity contribution in [2.24, 2.45) is 11.7 Å². The van der Waals surface area contributed by atoms with Crippen LogP contribution in [-0.2, 0) is 16.0 Å². The Labute approximate surface area is 150 Å². The Morgan fingerprint density at radius 2 is 1.96 bits per heavy atom. The van der Waals surface area contributed by atoms with Gasteiger partial charge in [0, 0.05) is 19.3 Å². The number of methoxy groups -OCH3 is 1. The zero-order valence-corrected chi connectivity index (χ0v) is 15.3. The average Bonchev–Trinajstić information content (AvgIpc) is 2.60. The van der Waals surface area contributed by atoms with Crippen LogP contribution in [0.5, 0.6) is 5.75 Å². The van der Waals surface area contributed by atoms with Gasteiger partial charge in [-0.3, -0.25) is 4.79 Å². The molecule has 0 aliphatic carbocycles. The zero-order valence-electron chi connectivity index (χ0n) is 14.5. The van der Waals surface area contributed by atoms with Gasteiger partial charge in [-0.2, -0.15) is 0 Å². The highest BCUT2D eigenvalue weighted by atomic mass is 35.5. The van der Waals surface area contributed by atoms with Crippen molar-refractivity contribution in [1.82, 2.24) is 5.32 Å². The second-order valence-electron chi connectivity index (χ2n) is 6.27. The Morgan fingerprint density at radius 3 is 2.54 bits per heavy atom. The Hall–Kier alpha value is -1.30. The van der Waals surface area contributed by atoms with Gasteiger partial charge in [0.25, 0.3) is 0 Å². The molecule has 1 amide bonds. The predicted molar refractivity (Wildman–Crippen MR) is 97.7 cm³/mol. The summed E-state index contributed by atoms with van der Waals surface area (Å²) in [5.41, 5.74) is 7.33. The Morgan fingerprint density at radius 1 is 1.33 bits per heavy atom. The number of carbonyl (C=O) groups is 1. The summed E-state index contributed by atoms with van der Waals surface area (Å²) in [4.78, 5) is 12.3. The molecule has 1 saturated heterocycles. The molecule has 136 valence electrons. The lowest BCUT2D eigenvalue weighted by molar-refractivity contribution is -0.125. The normalized spacial score (nSPS) is 17.5. The van der Waals surface area contributed by atoms with Crippen LogP contribution < -0.4 is 15.8 Å². The largest absolute Gasteiger partial charge is 0.497 e. The highest BCUT2D eigenvalue weighted by molar-refractivity contribution is 5.85. The third-order valence-corrected chi connectivity index (χ3v) is 4.49. The van der Waals surface area contributed by atoms with Crippen molar-refractivity contribution in [1.29, 1.82) is 0 Å². The lowest BCUT2D eigenvalue weighted by Gasteiger charge is -2.27. The van der Waals surface area contributed by atoms with Crippen LogP contribution in [-0.4, -0.2) is 38.3 Å². The summed E-state index contributed by atoms with van der Waals surface area (Å²) < 4.78 is 10.5. The highest BCUT2D eigenvalue weighted by Crippen LogP contribution is 2.18. The van der Waals surface area contributed by atoms with Crippen LogP contribution in [0.25, 0.3) is 0 Å². The number of ether oxygens (including phenoxy) is 2. The molecule has 1 aliphatic rings. The monoisotopic (exact) mass is 356 g/mol. The highest BCUT2D eigenvalue weighted by Gasteiger charge is 2.27. The second-order valence-corrected chi connectivity index (χ2v) is 6.27. The number of nitrogens with two attached hydrogens (primary N) is 1. The number of nitrogens with one attached hydrogen (secondary N) is 1. The van der Waals surface area contributed by atoms with Gasteiger partial charge in [-0.05, 0) is 56.2 Å². The van der Waals surface area contributed by atoms with Crippen molar-refractivity contribution in [3.05, 3.63) is 29.8 Å². The molecule has 6 heteroatoms. The van der Waals surface area contributed by atoms with E-state index in [0.29, 0.717) is 13.2 Å². The molecule has 0 radical (unpaired) electrons. The molecule has 1 fully saturated rings. The number of hydrogen-bond acceptors (Lipinski definition) is 4. The molecular formula is C18H29ClN2O3. The van der Waals surface area contributed by atoms with Crippen molar-refractivity contribution in [2.45, 2.75) is 44.7 Å². The second kappa shape index (κ2) is 10.5. The molecule has 2 atom stereocenters. The molecule has 0 saturated carbocycles. The lowest BCUT2D eigenvalue weighted by Crippen LogP contribution is -2.49. The van der Waals surface area contributed by atoms with E-state index in [1.54, 1.807) is 7.11 Å². The number of halogens is 1. The summed E-state index contributed by atoms with van der Waals surface area (Å²) in [7, 11) is 1.66. The number of amides is 1. The van der Waals surface area contributed by atoms with Gasteiger partial charge in [0.1, 0.15) is 5.75 Å². The minimum absolute atomic E-state index is 0. The Balaban J connectivity index is 0.00000288. The van der Waals surface area contributed by atoms with Gasteiger partial charge in [-0.15, -0.1) is 12.4 Å². The fraction of sp³-hybridized carbons (Fsp3) is 0.611. The number of aryl methyl sites for hydroxylation is 1. The molecule has 1 aromatic rings. The van der Waals surface area contributed by atoms with Crippen LogP contribution in [0.1, 0.15) is 31.7 Å². The van der Waals surface area contributed by atoms with E-state index < -0.39 is 6.04 Å². The SMILES string of the molecule is COc1ccc(CCC(C)NC(=O)C(N)C2CCOCC2)cc1.Cl. The Kier molecular flexibility index (Phi) is 9.11. The van der Waals surface area contributed by atoms with Crippen molar-refractivity contribution < 1.29 is 14.3 Å². The standard InChI is InChI=1S/C18H28N2O3.ClH/c1-13(3-4-14-5-7-16(22-2)8-6-14)20-18(21)17(19)15-9-11-23-12-10-15;/h5-8,13,15,17H,3-4,9-12,19H2,1-2H3,(H,20,21);1H. The molecule has 24 heavy (non-hydrogen) atoms. The number of carbonyl (C=O) groups excluding carboxylic acids is 1. The van der Waals surface area contributed by atoms with Gasteiger partial charge in [0.2, 0.25) is 5.91 Å². The van der Waals surface area contributed by atoms with E-state index >= 15 is 0 Å². The molecule has 0 bridgehead atoms. The van der Waals surface area contributed by atoms with E-state index in [9.17, 15) is 4.79 Å². The summed E-state index contributed by atoms with van der Waals surface area (Å²) in [6.07, 6.45) is 3.54. The van der Waals surface area contributed by atoms with Gasteiger partial charge >= 0.3 is 0 Å². The van der Waals surface area contributed by atoms with Gasteiger partial charge in [-0.25, -0.2) is 0 Å². The summed E-state index contributed by atoms with van der Waals surface area (Å²) in [6.45, 7) is 3.44. The van der Waals surface area contributed by atoms with Crippen molar-refractivity contribution in [3.63, 3.8) is 0 Å². The average molecular weight is 357 g/mol. The van der Waals surface area contributed by atoms with E-state index in [1.165, 1.54) is 5.56 Å². The first-order valence-electron chi connectivity index (χ1n) is 8.36. The van der Waals surface area contributed by atoms with Crippen LogP contribution >= 0.6 is 12.4 Å². The van der Waals surface area contributed by atoms with E-state index in [4.69, 9.17) is 15.2 Å². The first-order valence-corrected chi connectivity index (χ1v) is 8.36. The molecule has 2 unspecified atom stereocenters. The van der Waals surface area contributed by atoms with Crippen LogP contribution in [0, 0.1) is 5.92 Å². The lowest BCUT2D eigenvalue weighted by atomic mass is 9.91. The van der Waals surface area contributed by atoms with Gasteiger partial charge in [0.05, 0.1) is 13.2 Å². The number of hydrogen-bond donors (Lipinski definition) is 2. The van der Waals surface area contributed by atoms with Crippen molar-refractivity contribution in [3.8, 4) is 5.75 Å². The maximum absolute atomic E-state index is 12.3. The maximum atomic E-state index is 12.3. The molecule has 0 spiro atoms. The molecule has 2 rings (SSSR count). The van der Waals surface area contributed by atoms with Crippen LogP contribution in [0.4, 0.5) is 0 Å². The maximum Gasteiger partial charge on any atom is 0.237 e. The molecule has 3 N–H and O–H groups in total. The summed E-state index contributed by atoms with van der Waals surface area (Å²) in [5, 5.41) is 3.04. The van der Waals surface area contributed by atoms with E-state index in [2.05, 4.69) is 17.4 Å². The third-order valence-electron chi connectivity index (χ3n) is 4.49. The molecule has 1 heterocycles. The molecule has 1 aromatic carbocycles. The summed E-state index contributed by atoms with van der Waals surface area (Å²) >= 11 is 0. The van der Waals surface area contributed by atoms with Crippen molar-refractivity contribution in [2.75, 3.05) is 20.3 Å². The third kappa shape index (κ3) is 6.30. The minimum atomic E-state index is -0.428.